The Hall–Kier alpha value is -2.10. The van der Waals surface area contributed by atoms with E-state index in [4.69, 9.17) is 4.99 Å². The Balaban J connectivity index is 3.35. The third-order valence-corrected chi connectivity index (χ3v) is 4.74. The molecule has 0 amide bonds. The maximum atomic E-state index is 13.8. The second-order valence-electron chi connectivity index (χ2n) is 7.20. The number of nitrogens with zero attached hydrogens (tertiary/aromatic N) is 2. The second kappa shape index (κ2) is 14.0. The minimum absolute atomic E-state index is 0.204. The van der Waals surface area contributed by atoms with Gasteiger partial charge in [-0.05, 0) is 63.1 Å². The molecule has 4 heteroatoms. The van der Waals surface area contributed by atoms with Gasteiger partial charge in [-0.3, -0.25) is 9.98 Å². The average Bonchev–Trinajstić information content (AvgIpc) is 2.70. The fraction of sp³-hybridized carbons (Fsp3) is 0.520. The van der Waals surface area contributed by atoms with Crippen molar-refractivity contribution in [1.29, 1.82) is 0 Å². The van der Waals surface area contributed by atoms with Crippen molar-refractivity contribution in [3.63, 3.8) is 0 Å². The van der Waals surface area contributed by atoms with E-state index in [0.29, 0.717) is 17.7 Å². The van der Waals surface area contributed by atoms with Gasteiger partial charge < -0.3 is 0 Å². The molecule has 2 nitrogen and oxygen atoms in total. The smallest absolute Gasteiger partial charge is 0.255 e. The Morgan fingerprint density at radius 2 is 1.83 bits per heavy atom. The van der Waals surface area contributed by atoms with Gasteiger partial charge in [-0.1, -0.05) is 57.9 Å². The molecule has 0 fully saturated rings. The summed E-state index contributed by atoms with van der Waals surface area (Å²) in [6.07, 6.45) is 8.95. The van der Waals surface area contributed by atoms with Crippen molar-refractivity contribution in [1.82, 2.24) is 0 Å². The number of aliphatic imine (C=N–C) groups is 2. The Kier molecular flexibility index (Phi) is 12.0. The molecule has 1 aromatic carbocycles. The van der Waals surface area contributed by atoms with Gasteiger partial charge in [0.2, 0.25) is 0 Å². The van der Waals surface area contributed by atoms with Crippen LogP contribution in [-0.4, -0.2) is 17.8 Å². The molecular formula is C25H36F2N2. The van der Waals surface area contributed by atoms with Crippen LogP contribution in [0.3, 0.4) is 0 Å². The molecule has 29 heavy (non-hydrogen) atoms. The summed E-state index contributed by atoms with van der Waals surface area (Å²) < 4.78 is 27.5. The summed E-state index contributed by atoms with van der Waals surface area (Å²) in [6, 6.07) is 6.27. The van der Waals surface area contributed by atoms with Crippen LogP contribution in [0.2, 0.25) is 0 Å². The molecule has 0 radical (unpaired) electrons. The van der Waals surface area contributed by atoms with E-state index < -0.39 is 6.43 Å². The number of hydrogen-bond donors (Lipinski definition) is 0. The Morgan fingerprint density at radius 1 is 1.10 bits per heavy atom. The molecule has 160 valence electrons. The van der Waals surface area contributed by atoms with Gasteiger partial charge in [-0.25, -0.2) is 8.78 Å². The van der Waals surface area contributed by atoms with Gasteiger partial charge in [0.1, 0.15) is 5.71 Å². The Bertz CT molecular complexity index is 743. The van der Waals surface area contributed by atoms with E-state index in [1.54, 1.807) is 19.1 Å². The first kappa shape index (κ1) is 24.9. The summed E-state index contributed by atoms with van der Waals surface area (Å²) >= 11 is 0. The highest BCUT2D eigenvalue weighted by molar-refractivity contribution is 6.26. The maximum absolute atomic E-state index is 13.8. The molecule has 0 aliphatic rings. The van der Waals surface area contributed by atoms with Crippen molar-refractivity contribution in [3.05, 3.63) is 53.3 Å². The monoisotopic (exact) mass is 402 g/mol. The van der Waals surface area contributed by atoms with E-state index in [1.165, 1.54) is 11.8 Å². The largest absolute Gasteiger partial charge is 0.281 e. The minimum atomic E-state index is -2.65. The molecule has 0 aliphatic heterocycles. The zero-order valence-corrected chi connectivity index (χ0v) is 18.6. The molecule has 0 N–H and O–H groups in total. The van der Waals surface area contributed by atoms with Crippen LogP contribution in [0.15, 0.2) is 52.1 Å². The number of alkyl halides is 2. The molecule has 0 spiro atoms. The molecule has 0 heterocycles. The average molecular weight is 403 g/mol. The molecule has 1 rings (SSSR count). The first-order chi connectivity index (χ1) is 14.0. The number of allylic oxidation sites excluding steroid dienone is 3. The first-order valence-corrected chi connectivity index (χ1v) is 10.8. The van der Waals surface area contributed by atoms with Crippen LogP contribution in [0.4, 0.5) is 14.5 Å². The van der Waals surface area contributed by atoms with Crippen LogP contribution in [0.25, 0.3) is 0 Å². The Morgan fingerprint density at radius 3 is 2.38 bits per heavy atom. The van der Waals surface area contributed by atoms with E-state index in [9.17, 15) is 8.78 Å². The van der Waals surface area contributed by atoms with E-state index >= 15 is 0 Å². The lowest BCUT2D eigenvalue weighted by molar-refractivity contribution is 0.226. The number of rotatable bonds is 12. The zero-order valence-electron chi connectivity index (χ0n) is 18.6. The fourth-order valence-electron chi connectivity index (χ4n) is 3.06. The highest BCUT2D eigenvalue weighted by Gasteiger charge is 2.21. The predicted octanol–water partition coefficient (Wildman–Crippen LogP) is 8.18. The zero-order chi connectivity index (χ0) is 21.6. The summed E-state index contributed by atoms with van der Waals surface area (Å²) in [7, 11) is 0. The molecule has 0 bridgehead atoms. The molecule has 0 atom stereocenters. The van der Waals surface area contributed by atoms with E-state index in [-0.39, 0.29) is 5.71 Å². The van der Waals surface area contributed by atoms with E-state index in [2.05, 4.69) is 31.0 Å². The molecule has 0 aromatic heterocycles. The topological polar surface area (TPSA) is 24.7 Å². The maximum Gasteiger partial charge on any atom is 0.281 e. The number of hydrogen-bond acceptors (Lipinski definition) is 2. The van der Waals surface area contributed by atoms with Crippen LogP contribution in [0.5, 0.6) is 0 Å². The summed E-state index contributed by atoms with van der Waals surface area (Å²) in [4.78, 5) is 8.89. The minimum Gasteiger partial charge on any atom is -0.255 e. The lowest BCUT2D eigenvalue weighted by Crippen LogP contribution is -2.20. The van der Waals surface area contributed by atoms with Crippen molar-refractivity contribution in [3.8, 4) is 0 Å². The molecule has 0 unspecified atom stereocenters. The standard InChI is InChI=1S/C25H36F2N2/c1-6-10-13-20-15-16-22(19(5)18-20)29-23(14-11-7-2)21(9-4)24(25(26)27)28-17-12-8-3/h9,12,15-18,25H,6-8,10-11,13-14H2,1-5H3/b17-12-,21-9-,28-24-,29-23?. The van der Waals surface area contributed by atoms with Crippen molar-refractivity contribution >= 4 is 17.1 Å². The lowest BCUT2D eigenvalue weighted by Gasteiger charge is -2.14. The summed E-state index contributed by atoms with van der Waals surface area (Å²) in [5, 5.41) is 0. The normalized spacial score (nSPS) is 13.7. The van der Waals surface area contributed by atoms with Gasteiger partial charge in [0.15, 0.2) is 0 Å². The number of aryl methyl sites for hydroxylation is 2. The van der Waals surface area contributed by atoms with Crippen molar-refractivity contribution < 1.29 is 8.78 Å². The third kappa shape index (κ3) is 8.43. The van der Waals surface area contributed by atoms with Crippen LogP contribution < -0.4 is 0 Å². The molecular weight excluding hydrogens is 366 g/mol. The van der Waals surface area contributed by atoms with Crippen molar-refractivity contribution in [2.45, 2.75) is 86.0 Å². The molecule has 0 saturated carbocycles. The number of halogens is 2. The fourth-order valence-corrected chi connectivity index (χ4v) is 3.06. The van der Waals surface area contributed by atoms with Gasteiger partial charge in [0.25, 0.3) is 6.43 Å². The van der Waals surface area contributed by atoms with Gasteiger partial charge >= 0.3 is 0 Å². The summed E-state index contributed by atoms with van der Waals surface area (Å²) in [5.74, 6) is 0. The second-order valence-corrected chi connectivity index (χ2v) is 7.20. The van der Waals surface area contributed by atoms with Gasteiger partial charge in [-0.2, -0.15) is 0 Å². The van der Waals surface area contributed by atoms with Crippen LogP contribution >= 0.6 is 0 Å². The molecule has 0 aliphatic carbocycles. The first-order valence-electron chi connectivity index (χ1n) is 10.8. The van der Waals surface area contributed by atoms with E-state index in [0.717, 1.165) is 49.8 Å². The van der Waals surface area contributed by atoms with Crippen LogP contribution in [-0.2, 0) is 6.42 Å². The highest BCUT2D eigenvalue weighted by Crippen LogP contribution is 2.24. The van der Waals surface area contributed by atoms with Gasteiger partial charge in [0, 0.05) is 17.5 Å². The van der Waals surface area contributed by atoms with Crippen molar-refractivity contribution in [2.75, 3.05) is 0 Å². The molecule has 1 aromatic rings. The number of benzene rings is 1. The number of unbranched alkanes of at least 4 members (excludes halogenated alkanes) is 2. The van der Waals surface area contributed by atoms with E-state index in [1.807, 2.05) is 19.9 Å². The van der Waals surface area contributed by atoms with Gasteiger partial charge in [-0.15, -0.1) is 0 Å². The van der Waals surface area contributed by atoms with Gasteiger partial charge in [0.05, 0.1) is 5.69 Å². The van der Waals surface area contributed by atoms with Crippen LogP contribution in [0.1, 0.15) is 77.3 Å². The van der Waals surface area contributed by atoms with Crippen LogP contribution in [0, 0.1) is 6.92 Å². The predicted molar refractivity (Wildman–Crippen MR) is 123 cm³/mol. The highest BCUT2D eigenvalue weighted by atomic mass is 19.3. The summed E-state index contributed by atoms with van der Waals surface area (Å²) in [5.41, 5.74) is 4.14. The Labute approximate surface area is 175 Å². The SMILES string of the molecule is C\C=C(C(CCCC)=Nc1ccc(CCCC)cc1C)/C(=N/C=C\CC)C(F)F. The summed E-state index contributed by atoms with van der Waals surface area (Å²) in [6.45, 7) is 10.0. The molecule has 0 saturated heterocycles. The lowest BCUT2D eigenvalue weighted by atomic mass is 9.99. The quantitative estimate of drug-likeness (QED) is 0.315. The van der Waals surface area contributed by atoms with Crippen molar-refractivity contribution in [2.24, 2.45) is 9.98 Å². The third-order valence-electron chi connectivity index (χ3n) is 4.74.